The van der Waals surface area contributed by atoms with E-state index in [1.807, 2.05) is 6.07 Å². The van der Waals surface area contributed by atoms with E-state index in [9.17, 15) is 19.3 Å². The first-order valence-corrected chi connectivity index (χ1v) is 6.85. The molecule has 7 heteroatoms. The molecule has 0 N–H and O–H groups in total. The van der Waals surface area contributed by atoms with Crippen molar-refractivity contribution in [2.45, 2.75) is 0 Å². The molecule has 0 saturated carbocycles. The zero-order valence-electron chi connectivity index (χ0n) is 11.0. The molecule has 0 radical (unpaired) electrons. The van der Waals surface area contributed by atoms with Crippen LogP contribution in [0.25, 0.3) is 6.08 Å². The van der Waals surface area contributed by atoms with Gasteiger partial charge in [-0.05, 0) is 23.8 Å². The Morgan fingerprint density at radius 3 is 2.68 bits per heavy atom. The van der Waals surface area contributed by atoms with Crippen LogP contribution in [0.2, 0.25) is 0 Å². The predicted octanol–water partition coefficient (Wildman–Crippen LogP) is 4.12. The van der Waals surface area contributed by atoms with E-state index in [0.29, 0.717) is 0 Å². The van der Waals surface area contributed by atoms with Crippen LogP contribution in [-0.2, 0) is 4.79 Å². The Morgan fingerprint density at radius 2 is 2.00 bits per heavy atom. The summed E-state index contributed by atoms with van der Waals surface area (Å²) in [6.07, 6.45) is 2.59. The van der Waals surface area contributed by atoms with Gasteiger partial charge < -0.3 is 4.74 Å². The Labute approximate surface area is 133 Å². The van der Waals surface area contributed by atoms with Crippen LogP contribution in [0.4, 0.5) is 10.1 Å². The van der Waals surface area contributed by atoms with Gasteiger partial charge in [-0.15, -0.1) is 0 Å². The predicted molar refractivity (Wildman–Crippen MR) is 81.9 cm³/mol. The maximum Gasteiger partial charge on any atom is 0.336 e. The number of nitrogens with zero attached hydrogens (tertiary/aromatic N) is 1. The van der Waals surface area contributed by atoms with E-state index in [-0.39, 0.29) is 0 Å². The topological polar surface area (TPSA) is 69.4 Å². The smallest absolute Gasteiger partial charge is 0.336 e. The summed E-state index contributed by atoms with van der Waals surface area (Å²) >= 11 is 3.31. The van der Waals surface area contributed by atoms with Crippen molar-refractivity contribution in [2.75, 3.05) is 0 Å². The quantitative estimate of drug-likeness (QED) is 0.268. The van der Waals surface area contributed by atoms with Crippen LogP contribution < -0.4 is 4.74 Å². The lowest BCUT2D eigenvalue weighted by atomic mass is 10.2. The molecule has 0 heterocycles. The number of halogens is 2. The van der Waals surface area contributed by atoms with Crippen LogP contribution in [0, 0.1) is 15.9 Å². The van der Waals surface area contributed by atoms with E-state index in [1.165, 1.54) is 6.08 Å². The number of nitro groups is 1. The SMILES string of the molecule is O=C(/C=C/c1ccccc1Br)Oc1cc(F)ccc1[N+](=O)[O-]. The highest BCUT2D eigenvalue weighted by atomic mass is 79.9. The second kappa shape index (κ2) is 6.95. The molecular formula is C15H9BrFNO4. The number of hydrogen-bond donors (Lipinski definition) is 0. The summed E-state index contributed by atoms with van der Waals surface area (Å²) in [6.45, 7) is 0. The van der Waals surface area contributed by atoms with Crippen molar-refractivity contribution in [2.24, 2.45) is 0 Å². The number of benzene rings is 2. The van der Waals surface area contributed by atoms with E-state index >= 15 is 0 Å². The molecule has 0 bridgehead atoms. The van der Waals surface area contributed by atoms with Gasteiger partial charge in [0.1, 0.15) is 5.82 Å². The average Bonchev–Trinajstić information content (AvgIpc) is 2.46. The summed E-state index contributed by atoms with van der Waals surface area (Å²) in [4.78, 5) is 21.8. The number of nitro benzene ring substituents is 1. The van der Waals surface area contributed by atoms with Gasteiger partial charge in [-0.1, -0.05) is 34.1 Å². The molecule has 2 aromatic carbocycles. The van der Waals surface area contributed by atoms with Gasteiger partial charge in [0.2, 0.25) is 5.75 Å². The summed E-state index contributed by atoms with van der Waals surface area (Å²) in [5, 5.41) is 10.8. The van der Waals surface area contributed by atoms with Crippen molar-refractivity contribution in [1.82, 2.24) is 0 Å². The minimum absolute atomic E-state index is 0.438. The molecule has 0 aromatic heterocycles. The second-order valence-corrected chi connectivity index (χ2v) is 5.00. The highest BCUT2D eigenvalue weighted by Gasteiger charge is 2.17. The molecule has 0 amide bonds. The number of carbonyl (C=O) groups is 1. The third kappa shape index (κ3) is 3.98. The second-order valence-electron chi connectivity index (χ2n) is 4.15. The van der Waals surface area contributed by atoms with Crippen LogP contribution in [0.15, 0.2) is 53.0 Å². The molecule has 0 saturated heterocycles. The Morgan fingerprint density at radius 1 is 1.27 bits per heavy atom. The van der Waals surface area contributed by atoms with Crippen molar-refractivity contribution in [3.05, 3.63) is 74.5 Å². The van der Waals surface area contributed by atoms with E-state index in [2.05, 4.69) is 15.9 Å². The molecule has 0 aliphatic heterocycles. The summed E-state index contributed by atoms with van der Waals surface area (Å²) in [5.74, 6) is -2.01. The third-order valence-corrected chi connectivity index (χ3v) is 3.36. The number of carbonyl (C=O) groups excluding carboxylic acids is 1. The normalized spacial score (nSPS) is 10.6. The molecule has 0 atom stereocenters. The molecule has 0 fully saturated rings. The highest BCUT2D eigenvalue weighted by molar-refractivity contribution is 9.10. The van der Waals surface area contributed by atoms with Gasteiger partial charge in [0.25, 0.3) is 0 Å². The number of hydrogen-bond acceptors (Lipinski definition) is 4. The maximum atomic E-state index is 13.1. The minimum Gasteiger partial charge on any atom is -0.416 e. The van der Waals surface area contributed by atoms with Gasteiger partial charge in [-0.3, -0.25) is 10.1 Å². The first kappa shape index (κ1) is 15.8. The molecular weight excluding hydrogens is 357 g/mol. The molecule has 5 nitrogen and oxygen atoms in total. The van der Waals surface area contributed by atoms with Crippen molar-refractivity contribution < 1.29 is 18.8 Å². The van der Waals surface area contributed by atoms with Crippen LogP contribution in [0.3, 0.4) is 0 Å². The largest absolute Gasteiger partial charge is 0.416 e. The van der Waals surface area contributed by atoms with Crippen molar-refractivity contribution in [3.8, 4) is 5.75 Å². The highest BCUT2D eigenvalue weighted by Crippen LogP contribution is 2.27. The summed E-state index contributed by atoms with van der Waals surface area (Å²) in [7, 11) is 0. The lowest BCUT2D eigenvalue weighted by Gasteiger charge is -2.03. The molecule has 0 aliphatic carbocycles. The van der Waals surface area contributed by atoms with E-state index in [4.69, 9.17) is 4.74 Å². The Bertz CT molecular complexity index is 761. The average molecular weight is 366 g/mol. The first-order valence-electron chi connectivity index (χ1n) is 6.06. The fourth-order valence-corrected chi connectivity index (χ4v) is 2.05. The maximum absolute atomic E-state index is 13.1. The Kier molecular flexibility index (Phi) is 5.00. The molecule has 112 valence electrons. The van der Waals surface area contributed by atoms with E-state index in [0.717, 1.165) is 34.3 Å². The van der Waals surface area contributed by atoms with Gasteiger partial charge in [0.15, 0.2) is 0 Å². The molecule has 0 spiro atoms. The van der Waals surface area contributed by atoms with Gasteiger partial charge in [-0.25, -0.2) is 9.18 Å². The number of rotatable bonds is 4. The Balaban J connectivity index is 2.18. The van der Waals surface area contributed by atoms with Gasteiger partial charge in [0, 0.05) is 22.7 Å². The van der Waals surface area contributed by atoms with E-state index < -0.39 is 28.1 Å². The standard InChI is InChI=1S/C15H9BrFNO4/c16-12-4-2-1-3-10(12)5-8-15(19)22-14-9-11(17)6-7-13(14)18(20)21/h1-9H/b8-5+. The van der Waals surface area contributed by atoms with Crippen molar-refractivity contribution >= 4 is 33.7 Å². The summed E-state index contributed by atoms with van der Waals surface area (Å²) < 4.78 is 18.7. The fraction of sp³-hybridized carbons (Fsp3) is 0. The zero-order chi connectivity index (χ0) is 16.1. The molecule has 22 heavy (non-hydrogen) atoms. The summed E-state index contributed by atoms with van der Waals surface area (Å²) in [6, 6.07) is 9.81. The van der Waals surface area contributed by atoms with Gasteiger partial charge in [-0.2, -0.15) is 0 Å². The lowest BCUT2D eigenvalue weighted by molar-refractivity contribution is -0.385. The molecule has 2 rings (SSSR count). The van der Waals surface area contributed by atoms with Crippen LogP contribution in [-0.4, -0.2) is 10.9 Å². The van der Waals surface area contributed by atoms with Gasteiger partial charge >= 0.3 is 11.7 Å². The van der Waals surface area contributed by atoms with Gasteiger partial charge in [0.05, 0.1) is 4.92 Å². The van der Waals surface area contributed by atoms with E-state index in [1.54, 1.807) is 18.2 Å². The first-order chi connectivity index (χ1) is 10.5. The minimum atomic E-state index is -0.843. The molecule has 0 unspecified atom stereocenters. The molecule has 0 aliphatic rings. The van der Waals surface area contributed by atoms with Crippen molar-refractivity contribution in [3.63, 3.8) is 0 Å². The summed E-state index contributed by atoms with van der Waals surface area (Å²) in [5.41, 5.74) is 0.247. The third-order valence-electron chi connectivity index (χ3n) is 2.63. The lowest BCUT2D eigenvalue weighted by Crippen LogP contribution is -2.06. The van der Waals surface area contributed by atoms with Crippen molar-refractivity contribution in [1.29, 1.82) is 0 Å². The number of esters is 1. The molecule has 2 aromatic rings. The zero-order valence-corrected chi connectivity index (χ0v) is 12.6. The van der Waals surface area contributed by atoms with Crippen LogP contribution in [0.5, 0.6) is 5.75 Å². The monoisotopic (exact) mass is 365 g/mol. The fourth-order valence-electron chi connectivity index (χ4n) is 1.63. The Hall–Kier alpha value is -2.54. The van der Waals surface area contributed by atoms with Crippen LogP contribution >= 0.6 is 15.9 Å². The van der Waals surface area contributed by atoms with Crippen LogP contribution in [0.1, 0.15) is 5.56 Å². The number of ether oxygens (including phenoxy) is 1.